The van der Waals surface area contributed by atoms with Gasteiger partial charge in [-0.25, -0.2) is 18.2 Å². The second kappa shape index (κ2) is 5.14. The van der Waals surface area contributed by atoms with Crippen molar-refractivity contribution in [2.24, 2.45) is 0 Å². The van der Waals surface area contributed by atoms with Gasteiger partial charge in [0.15, 0.2) is 9.84 Å². The van der Waals surface area contributed by atoms with Crippen molar-refractivity contribution in [1.82, 2.24) is 9.38 Å². The van der Waals surface area contributed by atoms with Crippen LogP contribution in [-0.2, 0) is 16.3 Å². The second-order valence-corrected chi connectivity index (χ2v) is 7.78. The number of pyridine rings is 1. The quantitative estimate of drug-likeness (QED) is 0.929. The Hall–Kier alpha value is -1.89. The highest BCUT2D eigenvalue weighted by atomic mass is 32.2. The summed E-state index contributed by atoms with van der Waals surface area (Å²) in [4.78, 5) is 15.2. The van der Waals surface area contributed by atoms with Crippen molar-refractivity contribution in [3.05, 3.63) is 35.9 Å². The monoisotopic (exact) mass is 308 g/mol. The Morgan fingerprint density at radius 3 is 2.95 bits per heavy atom. The first-order valence-electron chi connectivity index (χ1n) is 6.88. The summed E-state index contributed by atoms with van der Waals surface area (Å²) >= 11 is 0. The van der Waals surface area contributed by atoms with Crippen molar-refractivity contribution >= 4 is 21.3 Å². The Bertz CT molecular complexity index is 794. The minimum atomic E-state index is -3.04. The minimum absolute atomic E-state index is 0.194. The highest BCUT2D eigenvalue weighted by Crippen LogP contribution is 2.23. The molecule has 0 radical (unpaired) electrons. The predicted octanol–water partition coefficient (Wildman–Crippen LogP) is 1.54. The van der Waals surface area contributed by atoms with Crippen LogP contribution in [0.4, 0.5) is 0 Å². The number of hydrogen-bond donors (Lipinski definition) is 1. The van der Waals surface area contributed by atoms with Gasteiger partial charge in [0.2, 0.25) is 0 Å². The molecule has 21 heavy (non-hydrogen) atoms. The molecule has 0 saturated carbocycles. The van der Waals surface area contributed by atoms with Crippen molar-refractivity contribution in [2.45, 2.75) is 30.9 Å². The van der Waals surface area contributed by atoms with E-state index in [-0.39, 0.29) is 16.6 Å². The van der Waals surface area contributed by atoms with Gasteiger partial charge in [0.1, 0.15) is 5.82 Å². The van der Waals surface area contributed by atoms with Gasteiger partial charge < -0.3 is 9.51 Å². The van der Waals surface area contributed by atoms with Crippen LogP contribution in [0.15, 0.2) is 24.5 Å². The van der Waals surface area contributed by atoms with E-state index in [1.807, 2.05) is 0 Å². The van der Waals surface area contributed by atoms with E-state index in [0.29, 0.717) is 24.2 Å². The Morgan fingerprint density at radius 1 is 1.43 bits per heavy atom. The third-order valence-corrected chi connectivity index (χ3v) is 6.25. The number of carboxylic acid groups (broad SMARTS) is 1. The second-order valence-electron chi connectivity index (χ2n) is 5.38. The molecule has 0 amide bonds. The summed E-state index contributed by atoms with van der Waals surface area (Å²) in [5, 5.41) is 8.59. The highest BCUT2D eigenvalue weighted by Gasteiger charge is 2.30. The number of rotatable bonds is 3. The number of hydrogen-bond acceptors (Lipinski definition) is 4. The lowest BCUT2D eigenvalue weighted by molar-refractivity contribution is 0.0697. The fourth-order valence-electron chi connectivity index (χ4n) is 2.79. The van der Waals surface area contributed by atoms with Crippen LogP contribution in [0.3, 0.4) is 0 Å². The standard InChI is InChI=1S/C14H16N2O4S/c17-14(18)10-4-5-16-11(7-10)9-15-13(16)8-12-3-1-2-6-21(12,19)20/h4-5,7,9,12H,1-3,6,8H2,(H,17,18). The molecule has 1 N–H and O–H groups in total. The van der Waals surface area contributed by atoms with Gasteiger partial charge in [-0.3, -0.25) is 0 Å². The van der Waals surface area contributed by atoms with Crippen molar-refractivity contribution in [2.75, 3.05) is 5.75 Å². The van der Waals surface area contributed by atoms with Gasteiger partial charge in [-0.2, -0.15) is 0 Å². The third kappa shape index (κ3) is 2.65. The number of nitrogens with zero attached hydrogens (tertiary/aromatic N) is 2. The molecule has 112 valence electrons. The average Bonchev–Trinajstić information content (AvgIpc) is 2.83. The molecule has 0 spiro atoms. The van der Waals surface area contributed by atoms with Gasteiger partial charge in [0.25, 0.3) is 0 Å². The van der Waals surface area contributed by atoms with Gasteiger partial charge in [0, 0.05) is 12.6 Å². The minimum Gasteiger partial charge on any atom is -0.478 e. The van der Waals surface area contributed by atoms with Crippen LogP contribution < -0.4 is 0 Å². The zero-order valence-electron chi connectivity index (χ0n) is 11.4. The molecule has 1 atom stereocenters. The van der Waals surface area contributed by atoms with Crippen LogP contribution in [0.25, 0.3) is 5.52 Å². The molecule has 1 aliphatic rings. The molecule has 2 aromatic rings. The SMILES string of the molecule is O=C(O)c1ccn2c(CC3CCCCS3(=O)=O)ncc2c1. The maximum absolute atomic E-state index is 12.1. The molecule has 7 heteroatoms. The van der Waals surface area contributed by atoms with Crippen LogP contribution in [0.5, 0.6) is 0 Å². The Kier molecular flexibility index (Phi) is 3.44. The Balaban J connectivity index is 1.93. The molecular weight excluding hydrogens is 292 g/mol. The van der Waals surface area contributed by atoms with Crippen molar-refractivity contribution in [3.8, 4) is 0 Å². The van der Waals surface area contributed by atoms with Crippen LogP contribution in [0.2, 0.25) is 0 Å². The molecule has 1 unspecified atom stereocenters. The van der Waals surface area contributed by atoms with E-state index >= 15 is 0 Å². The van der Waals surface area contributed by atoms with Gasteiger partial charge in [0.05, 0.1) is 28.3 Å². The smallest absolute Gasteiger partial charge is 0.335 e. The Labute approximate surface area is 122 Å². The van der Waals surface area contributed by atoms with Crippen LogP contribution in [0.1, 0.15) is 35.4 Å². The average molecular weight is 308 g/mol. The number of carboxylic acids is 1. The maximum atomic E-state index is 12.1. The number of sulfone groups is 1. The molecule has 6 nitrogen and oxygen atoms in total. The number of carbonyl (C=O) groups is 1. The molecule has 3 heterocycles. The van der Waals surface area contributed by atoms with E-state index in [1.54, 1.807) is 16.8 Å². The van der Waals surface area contributed by atoms with E-state index in [2.05, 4.69) is 4.98 Å². The first kappa shape index (κ1) is 14.1. The number of fused-ring (bicyclic) bond motifs is 1. The highest BCUT2D eigenvalue weighted by molar-refractivity contribution is 7.92. The summed E-state index contributed by atoms with van der Waals surface area (Å²) in [6.45, 7) is 0. The lowest BCUT2D eigenvalue weighted by Gasteiger charge is -2.21. The van der Waals surface area contributed by atoms with E-state index in [9.17, 15) is 13.2 Å². The fourth-order valence-corrected chi connectivity index (χ4v) is 4.66. The zero-order chi connectivity index (χ0) is 15.0. The van der Waals surface area contributed by atoms with Gasteiger partial charge in [-0.05, 0) is 25.0 Å². The maximum Gasteiger partial charge on any atom is 0.335 e. The Morgan fingerprint density at radius 2 is 2.24 bits per heavy atom. The number of imidazole rings is 1. The zero-order valence-corrected chi connectivity index (χ0v) is 12.2. The molecular formula is C14H16N2O4S. The van der Waals surface area contributed by atoms with Crippen LogP contribution >= 0.6 is 0 Å². The molecule has 1 saturated heterocycles. The van der Waals surface area contributed by atoms with Gasteiger partial charge in [-0.1, -0.05) is 6.42 Å². The van der Waals surface area contributed by atoms with Gasteiger partial charge in [-0.15, -0.1) is 0 Å². The first-order chi connectivity index (χ1) is 9.97. The van der Waals surface area contributed by atoms with Crippen LogP contribution in [0, 0.1) is 0 Å². The molecule has 1 aliphatic heterocycles. The van der Waals surface area contributed by atoms with Crippen molar-refractivity contribution < 1.29 is 18.3 Å². The predicted molar refractivity (Wildman–Crippen MR) is 77.3 cm³/mol. The van der Waals surface area contributed by atoms with Crippen molar-refractivity contribution in [3.63, 3.8) is 0 Å². The lowest BCUT2D eigenvalue weighted by atomic mass is 10.1. The molecule has 0 bridgehead atoms. The largest absolute Gasteiger partial charge is 0.478 e. The summed E-state index contributed by atoms with van der Waals surface area (Å²) in [7, 11) is -3.04. The number of aromatic nitrogens is 2. The molecule has 3 rings (SSSR count). The lowest BCUT2D eigenvalue weighted by Crippen LogP contribution is -2.30. The molecule has 0 aromatic carbocycles. The molecule has 2 aromatic heterocycles. The fraction of sp³-hybridized carbons (Fsp3) is 0.429. The van der Waals surface area contributed by atoms with E-state index in [1.165, 1.54) is 12.1 Å². The summed E-state index contributed by atoms with van der Waals surface area (Å²) in [5.74, 6) is -0.0723. The van der Waals surface area contributed by atoms with E-state index < -0.39 is 15.8 Å². The molecule has 0 aliphatic carbocycles. The number of aromatic carboxylic acids is 1. The first-order valence-corrected chi connectivity index (χ1v) is 8.60. The van der Waals surface area contributed by atoms with Crippen molar-refractivity contribution in [1.29, 1.82) is 0 Å². The summed E-state index contributed by atoms with van der Waals surface area (Å²) < 4.78 is 25.9. The third-order valence-electron chi connectivity index (χ3n) is 3.98. The van der Waals surface area contributed by atoms with E-state index in [0.717, 1.165) is 12.8 Å². The van der Waals surface area contributed by atoms with E-state index in [4.69, 9.17) is 5.11 Å². The topological polar surface area (TPSA) is 88.7 Å². The van der Waals surface area contributed by atoms with Crippen LogP contribution in [-0.4, -0.2) is 39.9 Å². The van der Waals surface area contributed by atoms with Gasteiger partial charge >= 0.3 is 5.97 Å². The summed E-state index contributed by atoms with van der Waals surface area (Å²) in [5.41, 5.74) is 0.859. The molecule has 1 fully saturated rings. The summed E-state index contributed by atoms with van der Waals surface area (Å²) in [6, 6.07) is 3.03. The summed E-state index contributed by atoms with van der Waals surface area (Å²) in [6.07, 6.45) is 5.93. The normalized spacial score (nSPS) is 21.4.